The predicted molar refractivity (Wildman–Crippen MR) is 144 cm³/mol. The van der Waals surface area contributed by atoms with Gasteiger partial charge >= 0.3 is 0 Å². The lowest BCUT2D eigenvalue weighted by Gasteiger charge is -2.12. The summed E-state index contributed by atoms with van der Waals surface area (Å²) in [7, 11) is 0. The molecule has 0 aliphatic rings. The minimum absolute atomic E-state index is 0.258. The molecule has 0 saturated heterocycles. The molecule has 182 valence electrons. The molecule has 10 heteroatoms. The number of nitrogens with one attached hydrogen (secondary N) is 2. The summed E-state index contributed by atoms with van der Waals surface area (Å²) in [6.07, 6.45) is 0. The summed E-state index contributed by atoms with van der Waals surface area (Å²) in [5.74, 6) is -0.258. The van der Waals surface area contributed by atoms with Gasteiger partial charge in [0.2, 0.25) is 0 Å². The van der Waals surface area contributed by atoms with Gasteiger partial charge in [-0.05, 0) is 75.3 Å². The van der Waals surface area contributed by atoms with E-state index in [4.69, 9.17) is 35.4 Å². The molecule has 2 aromatic carbocycles. The molecule has 0 radical (unpaired) electrons. The fourth-order valence-corrected chi connectivity index (χ4v) is 4.42. The Morgan fingerprint density at radius 2 is 1.29 bits per heavy atom. The number of benzene rings is 2. The van der Waals surface area contributed by atoms with Crippen LogP contribution in [0.3, 0.4) is 0 Å². The standard InChI is InChI=1S/C25H25Cl2FN6S/c1-14-23(16(3)33(31-14)12-18-5-8-20(28)9-6-18)29-25(35)30-24-15(2)32-34(17(24)4)13-19-7-10-21(26)22(27)11-19/h5-11H,12-13H2,1-4H3,(H2,29,30,35). The highest BCUT2D eigenvalue weighted by molar-refractivity contribution is 7.80. The van der Waals surface area contributed by atoms with Crippen LogP contribution in [0, 0.1) is 33.5 Å². The Bertz CT molecular complexity index is 1390. The minimum atomic E-state index is -0.258. The first-order chi connectivity index (χ1) is 16.6. The quantitative estimate of drug-likeness (QED) is 0.273. The number of thiocarbonyl (C=S) groups is 1. The number of aryl methyl sites for hydroxylation is 2. The first-order valence-corrected chi connectivity index (χ1v) is 12.1. The van der Waals surface area contributed by atoms with Gasteiger partial charge in [0.05, 0.1) is 57.3 Å². The van der Waals surface area contributed by atoms with Crippen molar-refractivity contribution in [1.29, 1.82) is 0 Å². The zero-order chi connectivity index (χ0) is 25.3. The van der Waals surface area contributed by atoms with Crippen LogP contribution in [0.4, 0.5) is 15.8 Å². The van der Waals surface area contributed by atoms with Crippen molar-refractivity contribution in [3.05, 3.63) is 92.2 Å². The van der Waals surface area contributed by atoms with Crippen LogP contribution in [-0.4, -0.2) is 24.7 Å². The van der Waals surface area contributed by atoms with Gasteiger partial charge in [0.15, 0.2) is 5.11 Å². The average Bonchev–Trinajstić information content (AvgIpc) is 3.22. The highest BCUT2D eigenvalue weighted by Crippen LogP contribution is 2.26. The SMILES string of the molecule is Cc1nn(Cc2ccc(F)cc2)c(C)c1NC(=S)Nc1c(C)nn(Cc2ccc(Cl)c(Cl)c2)c1C. The lowest BCUT2D eigenvalue weighted by atomic mass is 10.2. The van der Waals surface area contributed by atoms with Gasteiger partial charge in [-0.25, -0.2) is 4.39 Å². The second-order valence-electron chi connectivity index (χ2n) is 8.36. The zero-order valence-corrected chi connectivity index (χ0v) is 22.1. The summed E-state index contributed by atoms with van der Waals surface area (Å²) in [4.78, 5) is 0. The molecular formula is C25H25Cl2FN6S. The number of rotatable bonds is 6. The Morgan fingerprint density at radius 1 is 0.800 bits per heavy atom. The number of nitrogens with zero attached hydrogens (tertiary/aromatic N) is 4. The van der Waals surface area contributed by atoms with Crippen LogP contribution in [0.2, 0.25) is 10.0 Å². The molecule has 2 heterocycles. The van der Waals surface area contributed by atoms with Gasteiger partial charge in [-0.2, -0.15) is 10.2 Å². The third kappa shape index (κ3) is 5.66. The molecule has 0 fully saturated rings. The predicted octanol–water partition coefficient (Wildman–Crippen LogP) is 6.66. The maximum atomic E-state index is 13.2. The number of halogens is 3. The van der Waals surface area contributed by atoms with Crippen molar-refractivity contribution in [2.75, 3.05) is 10.6 Å². The van der Waals surface area contributed by atoms with Crippen LogP contribution in [0.1, 0.15) is 33.9 Å². The fourth-order valence-electron chi connectivity index (χ4n) is 3.90. The lowest BCUT2D eigenvalue weighted by Crippen LogP contribution is -2.21. The van der Waals surface area contributed by atoms with E-state index in [2.05, 4.69) is 20.8 Å². The van der Waals surface area contributed by atoms with E-state index in [9.17, 15) is 4.39 Å². The van der Waals surface area contributed by atoms with E-state index >= 15 is 0 Å². The number of hydrogen-bond acceptors (Lipinski definition) is 3. The van der Waals surface area contributed by atoms with E-state index in [0.29, 0.717) is 28.2 Å². The van der Waals surface area contributed by atoms with Crippen molar-refractivity contribution in [3.63, 3.8) is 0 Å². The number of hydrogen-bond donors (Lipinski definition) is 2. The third-order valence-electron chi connectivity index (χ3n) is 5.80. The Balaban J connectivity index is 1.47. The van der Waals surface area contributed by atoms with E-state index in [-0.39, 0.29) is 5.82 Å². The van der Waals surface area contributed by atoms with Gasteiger partial charge in [-0.3, -0.25) is 9.36 Å². The molecule has 0 saturated carbocycles. The Hall–Kier alpha value is -2.94. The molecule has 35 heavy (non-hydrogen) atoms. The van der Waals surface area contributed by atoms with Gasteiger partial charge in [-0.1, -0.05) is 41.4 Å². The van der Waals surface area contributed by atoms with Crippen molar-refractivity contribution in [1.82, 2.24) is 19.6 Å². The van der Waals surface area contributed by atoms with Gasteiger partial charge < -0.3 is 10.6 Å². The summed E-state index contributed by atoms with van der Waals surface area (Å²) in [6.45, 7) is 8.90. The maximum absolute atomic E-state index is 13.2. The first kappa shape index (κ1) is 25.2. The molecule has 2 N–H and O–H groups in total. The van der Waals surface area contributed by atoms with Crippen LogP contribution in [0.25, 0.3) is 0 Å². The molecule has 0 aliphatic heterocycles. The highest BCUT2D eigenvalue weighted by Gasteiger charge is 2.17. The minimum Gasteiger partial charge on any atom is -0.329 e. The van der Waals surface area contributed by atoms with Crippen molar-refractivity contribution < 1.29 is 4.39 Å². The maximum Gasteiger partial charge on any atom is 0.175 e. The Morgan fingerprint density at radius 3 is 1.80 bits per heavy atom. The summed E-state index contributed by atoms with van der Waals surface area (Å²) in [5.41, 5.74) is 7.16. The van der Waals surface area contributed by atoms with Crippen molar-refractivity contribution >= 4 is 51.9 Å². The Kier molecular flexibility index (Phi) is 7.44. The molecule has 0 bridgehead atoms. The molecule has 0 unspecified atom stereocenters. The largest absolute Gasteiger partial charge is 0.329 e. The summed E-state index contributed by atoms with van der Waals surface area (Å²) < 4.78 is 17.0. The van der Waals surface area contributed by atoms with Gasteiger partial charge in [-0.15, -0.1) is 0 Å². The number of aromatic nitrogens is 4. The smallest absolute Gasteiger partial charge is 0.175 e. The normalized spacial score (nSPS) is 11.1. The molecule has 4 rings (SSSR count). The number of anilines is 2. The first-order valence-electron chi connectivity index (χ1n) is 11.0. The van der Waals surface area contributed by atoms with Crippen molar-refractivity contribution in [2.45, 2.75) is 40.8 Å². The van der Waals surface area contributed by atoms with E-state index in [1.165, 1.54) is 12.1 Å². The average molecular weight is 531 g/mol. The second kappa shape index (κ2) is 10.4. The molecular weight excluding hydrogens is 506 g/mol. The van der Waals surface area contributed by atoms with E-state index in [0.717, 1.165) is 45.3 Å². The third-order valence-corrected chi connectivity index (χ3v) is 6.75. The lowest BCUT2D eigenvalue weighted by molar-refractivity contribution is 0.622. The monoisotopic (exact) mass is 530 g/mol. The van der Waals surface area contributed by atoms with Crippen LogP contribution in [0.5, 0.6) is 0 Å². The van der Waals surface area contributed by atoms with E-state index in [1.807, 2.05) is 49.2 Å². The molecule has 0 spiro atoms. The summed E-state index contributed by atoms with van der Waals surface area (Å²) in [5, 5.41) is 17.3. The van der Waals surface area contributed by atoms with Crippen LogP contribution >= 0.6 is 35.4 Å². The zero-order valence-electron chi connectivity index (χ0n) is 19.8. The van der Waals surface area contributed by atoms with Crippen LogP contribution in [-0.2, 0) is 13.1 Å². The van der Waals surface area contributed by atoms with Gasteiger partial charge in [0.25, 0.3) is 0 Å². The van der Waals surface area contributed by atoms with Crippen molar-refractivity contribution in [3.8, 4) is 0 Å². The molecule has 2 aromatic heterocycles. The molecule has 0 atom stereocenters. The van der Waals surface area contributed by atoms with E-state index < -0.39 is 0 Å². The topological polar surface area (TPSA) is 59.7 Å². The molecule has 0 aliphatic carbocycles. The summed E-state index contributed by atoms with van der Waals surface area (Å²) >= 11 is 17.8. The molecule has 0 amide bonds. The molecule has 4 aromatic rings. The van der Waals surface area contributed by atoms with Crippen LogP contribution in [0.15, 0.2) is 42.5 Å². The Labute approximate surface area is 219 Å². The fraction of sp³-hybridized carbons (Fsp3) is 0.240. The summed E-state index contributed by atoms with van der Waals surface area (Å²) in [6, 6.07) is 12.0. The molecule has 6 nitrogen and oxygen atoms in total. The highest BCUT2D eigenvalue weighted by atomic mass is 35.5. The van der Waals surface area contributed by atoms with Crippen LogP contribution < -0.4 is 10.6 Å². The van der Waals surface area contributed by atoms with Gasteiger partial charge in [0.1, 0.15) is 5.82 Å². The van der Waals surface area contributed by atoms with E-state index in [1.54, 1.807) is 18.2 Å². The van der Waals surface area contributed by atoms with Gasteiger partial charge in [0, 0.05) is 0 Å². The van der Waals surface area contributed by atoms with Crippen molar-refractivity contribution in [2.24, 2.45) is 0 Å². The second-order valence-corrected chi connectivity index (χ2v) is 9.58.